The van der Waals surface area contributed by atoms with Crippen molar-refractivity contribution in [2.75, 3.05) is 26.7 Å². The topological polar surface area (TPSA) is 0 Å². The van der Waals surface area contributed by atoms with E-state index in [1.54, 1.807) is 0 Å². The third-order valence-electron chi connectivity index (χ3n) is 4.65. The number of quaternary nitrogens is 1. The van der Waals surface area contributed by atoms with E-state index in [0.29, 0.717) is 0 Å². The molecule has 0 aromatic carbocycles. The Hall–Kier alpha value is -0.0400. The molecule has 0 N–H and O–H groups in total. The van der Waals surface area contributed by atoms with E-state index in [4.69, 9.17) is 0 Å². The lowest BCUT2D eigenvalue weighted by Crippen LogP contribution is -2.46. The zero-order valence-electron chi connectivity index (χ0n) is 15.1. The minimum absolute atomic E-state index is 1.33. The molecule has 0 heterocycles. The van der Waals surface area contributed by atoms with Crippen molar-refractivity contribution in [3.05, 3.63) is 0 Å². The SMILES string of the molecule is CCCCCCCCCC[N+](C)(CCCC)CCCC. The van der Waals surface area contributed by atoms with E-state index < -0.39 is 0 Å². The van der Waals surface area contributed by atoms with Gasteiger partial charge in [0.15, 0.2) is 0 Å². The van der Waals surface area contributed by atoms with Crippen LogP contribution in [0.15, 0.2) is 0 Å². The molecule has 0 aliphatic heterocycles. The summed E-state index contributed by atoms with van der Waals surface area (Å²) in [6.45, 7) is 11.1. The van der Waals surface area contributed by atoms with E-state index in [1.165, 1.54) is 101 Å². The molecular weight excluding hydrogens is 242 g/mol. The zero-order chi connectivity index (χ0) is 15.1. The van der Waals surface area contributed by atoms with E-state index >= 15 is 0 Å². The highest BCUT2D eigenvalue weighted by molar-refractivity contribution is 4.48. The van der Waals surface area contributed by atoms with Crippen LogP contribution in [0.2, 0.25) is 0 Å². The molecule has 122 valence electrons. The minimum atomic E-state index is 1.33. The fourth-order valence-corrected chi connectivity index (χ4v) is 3.04. The second kappa shape index (κ2) is 13.9. The van der Waals surface area contributed by atoms with Crippen LogP contribution in [-0.4, -0.2) is 31.2 Å². The first-order chi connectivity index (χ1) is 9.68. The van der Waals surface area contributed by atoms with Crippen LogP contribution < -0.4 is 0 Å². The van der Waals surface area contributed by atoms with Gasteiger partial charge in [-0.3, -0.25) is 0 Å². The Kier molecular flexibility index (Phi) is 13.9. The fraction of sp³-hybridized carbons (Fsp3) is 1.00. The summed E-state index contributed by atoms with van der Waals surface area (Å²) in [5, 5.41) is 0. The number of hydrogen-bond donors (Lipinski definition) is 0. The summed E-state index contributed by atoms with van der Waals surface area (Å²) >= 11 is 0. The highest BCUT2D eigenvalue weighted by Crippen LogP contribution is 2.13. The molecule has 0 saturated heterocycles. The molecule has 0 saturated carbocycles. The van der Waals surface area contributed by atoms with Crippen LogP contribution in [0, 0.1) is 0 Å². The van der Waals surface area contributed by atoms with Crippen molar-refractivity contribution in [1.82, 2.24) is 0 Å². The van der Waals surface area contributed by atoms with Crippen molar-refractivity contribution in [3.8, 4) is 0 Å². The van der Waals surface area contributed by atoms with E-state index in [2.05, 4.69) is 27.8 Å². The molecule has 0 spiro atoms. The van der Waals surface area contributed by atoms with Crippen molar-refractivity contribution in [3.63, 3.8) is 0 Å². The van der Waals surface area contributed by atoms with Gasteiger partial charge in [-0.2, -0.15) is 0 Å². The van der Waals surface area contributed by atoms with Gasteiger partial charge in [-0.1, -0.05) is 72.1 Å². The zero-order valence-corrected chi connectivity index (χ0v) is 15.1. The summed E-state index contributed by atoms with van der Waals surface area (Å²) in [5.41, 5.74) is 0. The van der Waals surface area contributed by atoms with Crippen LogP contribution in [0.1, 0.15) is 97.8 Å². The van der Waals surface area contributed by atoms with Gasteiger partial charge in [0.25, 0.3) is 0 Å². The molecule has 0 rings (SSSR count). The van der Waals surface area contributed by atoms with E-state index in [1.807, 2.05) is 0 Å². The molecule has 1 nitrogen and oxygen atoms in total. The average molecular weight is 285 g/mol. The van der Waals surface area contributed by atoms with Gasteiger partial charge in [0.05, 0.1) is 26.7 Å². The van der Waals surface area contributed by atoms with Crippen molar-refractivity contribution in [2.24, 2.45) is 0 Å². The maximum atomic E-state index is 2.49. The Morgan fingerprint density at radius 3 is 1.25 bits per heavy atom. The third kappa shape index (κ3) is 11.8. The van der Waals surface area contributed by atoms with Gasteiger partial charge in [-0.15, -0.1) is 0 Å². The van der Waals surface area contributed by atoms with Crippen LogP contribution in [0.25, 0.3) is 0 Å². The molecule has 0 aromatic rings. The van der Waals surface area contributed by atoms with Gasteiger partial charge in [-0.25, -0.2) is 0 Å². The molecule has 0 radical (unpaired) electrons. The van der Waals surface area contributed by atoms with Crippen molar-refractivity contribution < 1.29 is 4.48 Å². The maximum absolute atomic E-state index is 2.49. The molecule has 1 heteroatoms. The Labute approximate surface area is 129 Å². The van der Waals surface area contributed by atoms with Crippen molar-refractivity contribution in [2.45, 2.75) is 97.8 Å². The third-order valence-corrected chi connectivity index (χ3v) is 4.65. The molecular formula is C19H42N+. The predicted octanol–water partition coefficient (Wildman–Crippen LogP) is 6.17. The first-order valence-electron chi connectivity index (χ1n) is 9.52. The summed E-state index contributed by atoms with van der Waals surface area (Å²) in [7, 11) is 2.49. The van der Waals surface area contributed by atoms with Gasteiger partial charge >= 0.3 is 0 Å². The minimum Gasteiger partial charge on any atom is -0.326 e. The molecule has 0 fully saturated rings. The molecule has 0 bridgehead atoms. The van der Waals surface area contributed by atoms with Crippen LogP contribution in [-0.2, 0) is 0 Å². The van der Waals surface area contributed by atoms with E-state index in [9.17, 15) is 0 Å². The molecule has 0 unspecified atom stereocenters. The van der Waals surface area contributed by atoms with E-state index in [-0.39, 0.29) is 0 Å². The first-order valence-corrected chi connectivity index (χ1v) is 9.52. The lowest BCUT2D eigenvalue weighted by molar-refractivity contribution is -0.910. The molecule has 0 aliphatic rings. The Morgan fingerprint density at radius 2 is 0.800 bits per heavy atom. The van der Waals surface area contributed by atoms with Gasteiger partial charge < -0.3 is 4.48 Å². The Bertz CT molecular complexity index is 180. The normalized spacial score (nSPS) is 12.0. The molecule has 0 amide bonds. The van der Waals surface area contributed by atoms with Gasteiger partial charge in [0, 0.05) is 0 Å². The fourth-order valence-electron chi connectivity index (χ4n) is 3.04. The lowest BCUT2D eigenvalue weighted by Gasteiger charge is -2.35. The average Bonchev–Trinajstić information content (AvgIpc) is 2.46. The monoisotopic (exact) mass is 284 g/mol. The summed E-state index contributed by atoms with van der Waals surface area (Å²) < 4.78 is 1.33. The van der Waals surface area contributed by atoms with Gasteiger partial charge in [-0.05, 0) is 25.7 Å². The standard InChI is InChI=1S/C19H42N/c1-5-8-11-12-13-14-15-16-19-20(4,17-9-6-2)18-10-7-3/h5-19H2,1-4H3/q+1. The van der Waals surface area contributed by atoms with Gasteiger partial charge in [0.1, 0.15) is 0 Å². The van der Waals surface area contributed by atoms with E-state index in [0.717, 1.165) is 0 Å². The second-order valence-corrected chi connectivity index (χ2v) is 6.97. The predicted molar refractivity (Wildman–Crippen MR) is 93.2 cm³/mol. The summed E-state index contributed by atoms with van der Waals surface area (Å²) in [5.74, 6) is 0. The molecule has 0 atom stereocenters. The smallest absolute Gasteiger partial charge is 0.0784 e. The van der Waals surface area contributed by atoms with Crippen LogP contribution in [0.4, 0.5) is 0 Å². The van der Waals surface area contributed by atoms with Crippen LogP contribution in [0.3, 0.4) is 0 Å². The number of hydrogen-bond acceptors (Lipinski definition) is 0. The Morgan fingerprint density at radius 1 is 0.450 bits per heavy atom. The first kappa shape index (κ1) is 20.0. The number of nitrogens with zero attached hydrogens (tertiary/aromatic N) is 1. The summed E-state index contributed by atoms with van der Waals surface area (Å²) in [6, 6.07) is 0. The largest absolute Gasteiger partial charge is 0.326 e. The number of unbranched alkanes of at least 4 members (excludes halogenated alkanes) is 9. The van der Waals surface area contributed by atoms with Crippen molar-refractivity contribution >= 4 is 0 Å². The van der Waals surface area contributed by atoms with Crippen molar-refractivity contribution in [1.29, 1.82) is 0 Å². The highest BCUT2D eigenvalue weighted by Gasteiger charge is 2.19. The Balaban J connectivity index is 3.67. The highest BCUT2D eigenvalue weighted by atomic mass is 15.3. The maximum Gasteiger partial charge on any atom is 0.0784 e. The quantitative estimate of drug-likeness (QED) is 0.249. The number of rotatable bonds is 15. The second-order valence-electron chi connectivity index (χ2n) is 6.97. The van der Waals surface area contributed by atoms with Gasteiger partial charge in [0.2, 0.25) is 0 Å². The summed E-state index contributed by atoms with van der Waals surface area (Å²) in [4.78, 5) is 0. The summed E-state index contributed by atoms with van der Waals surface area (Å²) in [6.07, 6.45) is 17.0. The molecule has 0 aliphatic carbocycles. The molecule has 20 heavy (non-hydrogen) atoms. The van der Waals surface area contributed by atoms with Crippen LogP contribution in [0.5, 0.6) is 0 Å². The lowest BCUT2D eigenvalue weighted by atomic mass is 10.1. The molecule has 0 aromatic heterocycles. The van der Waals surface area contributed by atoms with Crippen LogP contribution >= 0.6 is 0 Å².